The summed E-state index contributed by atoms with van der Waals surface area (Å²) in [4.78, 5) is 13.3. The third-order valence-electron chi connectivity index (χ3n) is 3.84. The van der Waals surface area contributed by atoms with Crippen LogP contribution in [-0.4, -0.2) is 19.5 Å². The Morgan fingerprint density at radius 3 is 2.86 bits per heavy atom. The molecule has 1 aromatic heterocycles. The minimum atomic E-state index is 0.0384. The Kier molecular flexibility index (Phi) is 4.15. The van der Waals surface area contributed by atoms with Crippen LogP contribution >= 0.6 is 27.3 Å². The van der Waals surface area contributed by atoms with Crippen LogP contribution in [0.4, 0.5) is 0 Å². The van der Waals surface area contributed by atoms with E-state index in [1.807, 2.05) is 13.1 Å². The largest absolute Gasteiger partial charge is 0.352 e. The van der Waals surface area contributed by atoms with E-state index in [9.17, 15) is 4.79 Å². The highest BCUT2D eigenvalue weighted by Crippen LogP contribution is 2.34. The van der Waals surface area contributed by atoms with E-state index in [2.05, 4.69) is 51.7 Å². The molecule has 2 aromatic rings. The summed E-state index contributed by atoms with van der Waals surface area (Å²) in [6, 6.07) is 8.54. The first kappa shape index (κ1) is 14.8. The molecule has 0 saturated heterocycles. The molecule has 0 radical (unpaired) electrons. The molecule has 0 fully saturated rings. The van der Waals surface area contributed by atoms with Gasteiger partial charge in [0.05, 0.1) is 9.83 Å². The molecule has 1 aromatic carbocycles. The maximum Gasteiger partial charge on any atom is 0.251 e. The summed E-state index contributed by atoms with van der Waals surface area (Å²) < 4.78 is 1.16. The van der Waals surface area contributed by atoms with Gasteiger partial charge in [-0.25, -0.2) is 0 Å². The maximum atomic E-state index is 12.0. The van der Waals surface area contributed by atoms with Gasteiger partial charge in [0.1, 0.15) is 0 Å². The third kappa shape index (κ3) is 2.78. The van der Waals surface area contributed by atoms with Crippen molar-refractivity contribution in [2.45, 2.75) is 19.4 Å². The normalized spacial score (nSPS) is 15.5. The standard InChI is InChI=1S/C16H17BrN2OS/c1-9-7-13(21-15(9)17)14(18-2)11-4-3-10-5-6-19-16(20)12(10)8-11/h3-4,7-8,14,18H,5-6H2,1-2H3,(H,19,20). The van der Waals surface area contributed by atoms with Crippen molar-refractivity contribution in [3.8, 4) is 0 Å². The first-order valence-corrected chi connectivity index (χ1v) is 8.55. The highest BCUT2D eigenvalue weighted by Gasteiger charge is 2.21. The highest BCUT2D eigenvalue weighted by atomic mass is 79.9. The van der Waals surface area contributed by atoms with Gasteiger partial charge in [0.2, 0.25) is 0 Å². The second-order valence-electron chi connectivity index (χ2n) is 5.25. The molecule has 110 valence electrons. The van der Waals surface area contributed by atoms with Gasteiger partial charge in [-0.3, -0.25) is 4.79 Å². The van der Waals surface area contributed by atoms with Crippen molar-refractivity contribution in [3.63, 3.8) is 0 Å². The van der Waals surface area contributed by atoms with E-state index in [0.717, 1.165) is 33.4 Å². The number of thiophene rings is 1. The fraction of sp³-hybridized carbons (Fsp3) is 0.312. The van der Waals surface area contributed by atoms with Gasteiger partial charge in [-0.15, -0.1) is 11.3 Å². The van der Waals surface area contributed by atoms with E-state index in [1.54, 1.807) is 11.3 Å². The van der Waals surface area contributed by atoms with Crippen molar-refractivity contribution in [2.75, 3.05) is 13.6 Å². The number of hydrogen-bond donors (Lipinski definition) is 2. The zero-order chi connectivity index (χ0) is 15.0. The van der Waals surface area contributed by atoms with Crippen molar-refractivity contribution in [1.82, 2.24) is 10.6 Å². The second kappa shape index (κ2) is 5.91. The topological polar surface area (TPSA) is 41.1 Å². The molecular weight excluding hydrogens is 348 g/mol. The Balaban J connectivity index is 2.01. The number of halogens is 1. The number of aryl methyl sites for hydroxylation is 1. The van der Waals surface area contributed by atoms with Crippen molar-refractivity contribution in [1.29, 1.82) is 0 Å². The number of nitrogens with one attached hydrogen (secondary N) is 2. The van der Waals surface area contributed by atoms with Crippen LogP contribution < -0.4 is 10.6 Å². The summed E-state index contributed by atoms with van der Waals surface area (Å²) in [5.74, 6) is 0.0384. The van der Waals surface area contributed by atoms with Gasteiger partial charge in [0.15, 0.2) is 0 Å². The number of rotatable bonds is 3. The van der Waals surface area contributed by atoms with Crippen LogP contribution in [0.3, 0.4) is 0 Å². The van der Waals surface area contributed by atoms with E-state index in [0.29, 0.717) is 0 Å². The van der Waals surface area contributed by atoms with Gasteiger partial charge in [0, 0.05) is 17.0 Å². The number of benzene rings is 1. The summed E-state index contributed by atoms with van der Waals surface area (Å²) in [5.41, 5.74) is 4.32. The molecule has 1 unspecified atom stereocenters. The Labute approximate surface area is 136 Å². The van der Waals surface area contributed by atoms with Crippen LogP contribution in [0.25, 0.3) is 0 Å². The van der Waals surface area contributed by atoms with Crippen molar-refractivity contribution < 1.29 is 4.79 Å². The van der Waals surface area contributed by atoms with E-state index in [4.69, 9.17) is 0 Å². The average molecular weight is 365 g/mol. The third-order valence-corrected chi connectivity index (χ3v) is 6.04. The lowest BCUT2D eigenvalue weighted by Gasteiger charge is -2.20. The minimum Gasteiger partial charge on any atom is -0.352 e. The maximum absolute atomic E-state index is 12.0. The summed E-state index contributed by atoms with van der Waals surface area (Å²) in [6.45, 7) is 2.83. The predicted molar refractivity (Wildman–Crippen MR) is 90.1 cm³/mol. The van der Waals surface area contributed by atoms with Gasteiger partial charge in [-0.1, -0.05) is 12.1 Å². The number of fused-ring (bicyclic) bond motifs is 1. The van der Waals surface area contributed by atoms with E-state index in [-0.39, 0.29) is 11.9 Å². The summed E-state index contributed by atoms with van der Waals surface area (Å²) in [7, 11) is 1.95. The van der Waals surface area contributed by atoms with Crippen molar-refractivity contribution in [3.05, 3.63) is 55.2 Å². The summed E-state index contributed by atoms with van der Waals surface area (Å²) in [5, 5.41) is 6.27. The molecule has 1 amide bonds. The quantitative estimate of drug-likeness (QED) is 0.875. The lowest BCUT2D eigenvalue weighted by molar-refractivity contribution is 0.0946. The molecular formula is C16H17BrN2OS. The Hall–Kier alpha value is -1.17. The number of carbonyl (C=O) groups is 1. The Morgan fingerprint density at radius 2 is 2.19 bits per heavy atom. The second-order valence-corrected chi connectivity index (χ2v) is 7.65. The molecule has 1 aliphatic rings. The molecule has 1 atom stereocenters. The van der Waals surface area contributed by atoms with Gasteiger partial charge >= 0.3 is 0 Å². The lowest BCUT2D eigenvalue weighted by Crippen LogP contribution is -2.32. The van der Waals surface area contributed by atoms with E-state index in [1.165, 1.54) is 10.4 Å². The first-order chi connectivity index (χ1) is 10.1. The molecule has 2 N–H and O–H groups in total. The van der Waals surface area contributed by atoms with Gasteiger partial charge in [0.25, 0.3) is 5.91 Å². The SMILES string of the molecule is CNC(c1ccc2c(c1)C(=O)NCC2)c1cc(C)c(Br)s1. The molecule has 0 bridgehead atoms. The fourth-order valence-corrected chi connectivity index (χ4v) is 4.42. The van der Waals surface area contributed by atoms with Crippen LogP contribution in [0.15, 0.2) is 28.1 Å². The molecule has 3 rings (SSSR count). The van der Waals surface area contributed by atoms with Crippen molar-refractivity contribution >= 4 is 33.2 Å². The monoisotopic (exact) mass is 364 g/mol. The number of hydrogen-bond acceptors (Lipinski definition) is 3. The molecule has 1 aliphatic heterocycles. The lowest BCUT2D eigenvalue weighted by atomic mass is 9.94. The molecule has 0 saturated carbocycles. The molecule has 2 heterocycles. The van der Waals surface area contributed by atoms with Gasteiger partial charge < -0.3 is 10.6 Å². The molecule has 5 heteroatoms. The summed E-state index contributed by atoms with van der Waals surface area (Å²) in [6.07, 6.45) is 0.912. The molecule has 21 heavy (non-hydrogen) atoms. The molecule has 0 spiro atoms. The predicted octanol–water partition coefficient (Wildman–Crippen LogP) is 3.41. The van der Waals surface area contributed by atoms with Crippen LogP contribution in [0.2, 0.25) is 0 Å². The van der Waals surface area contributed by atoms with E-state index >= 15 is 0 Å². The minimum absolute atomic E-state index is 0.0384. The molecule has 3 nitrogen and oxygen atoms in total. The highest BCUT2D eigenvalue weighted by molar-refractivity contribution is 9.11. The van der Waals surface area contributed by atoms with Gasteiger partial charge in [-0.05, 0) is 65.1 Å². The first-order valence-electron chi connectivity index (χ1n) is 6.94. The zero-order valence-corrected chi connectivity index (χ0v) is 14.4. The van der Waals surface area contributed by atoms with Crippen molar-refractivity contribution in [2.24, 2.45) is 0 Å². The van der Waals surface area contributed by atoms with Crippen LogP contribution in [0.1, 0.15) is 38.0 Å². The van der Waals surface area contributed by atoms with E-state index < -0.39 is 0 Å². The number of carbonyl (C=O) groups excluding carboxylic acids is 1. The Bertz CT molecular complexity index is 676. The smallest absolute Gasteiger partial charge is 0.251 e. The average Bonchev–Trinajstić information content (AvgIpc) is 2.80. The summed E-state index contributed by atoms with van der Waals surface area (Å²) >= 11 is 5.32. The van der Waals surface area contributed by atoms with Crippen LogP contribution in [0.5, 0.6) is 0 Å². The molecule has 0 aliphatic carbocycles. The fourth-order valence-electron chi connectivity index (χ4n) is 2.71. The zero-order valence-electron chi connectivity index (χ0n) is 12.0. The number of amides is 1. The van der Waals surface area contributed by atoms with Crippen LogP contribution in [0, 0.1) is 6.92 Å². The Morgan fingerprint density at radius 1 is 1.38 bits per heavy atom. The van der Waals surface area contributed by atoms with Crippen LogP contribution in [-0.2, 0) is 6.42 Å². The van der Waals surface area contributed by atoms with Gasteiger partial charge in [-0.2, -0.15) is 0 Å².